The molecule has 0 saturated carbocycles. The number of amides is 1. The van der Waals surface area contributed by atoms with Crippen LogP contribution in [0.15, 0.2) is 72.8 Å². The number of ether oxygens (including phenoxy) is 1. The second-order valence-corrected chi connectivity index (χ2v) is 8.70. The van der Waals surface area contributed by atoms with Gasteiger partial charge in [0.05, 0.1) is 19.1 Å². The topological polar surface area (TPSA) is 44.8 Å². The molecular formula is C27H28FN3O2. The van der Waals surface area contributed by atoms with E-state index in [-0.39, 0.29) is 23.7 Å². The number of para-hydroxylation sites is 1. The van der Waals surface area contributed by atoms with E-state index in [4.69, 9.17) is 4.74 Å². The summed E-state index contributed by atoms with van der Waals surface area (Å²) in [6.07, 6.45) is 0.665. The molecule has 0 aliphatic carbocycles. The van der Waals surface area contributed by atoms with Crippen LogP contribution < -0.4 is 19.9 Å². The number of carbonyl (C=O) groups is 1. The van der Waals surface area contributed by atoms with Crippen LogP contribution >= 0.6 is 0 Å². The molecule has 2 heterocycles. The second-order valence-electron chi connectivity index (χ2n) is 8.70. The molecule has 5 rings (SSSR count). The van der Waals surface area contributed by atoms with Crippen LogP contribution in [-0.2, 0) is 17.8 Å². The number of nitrogens with one attached hydrogen (secondary N) is 1. The monoisotopic (exact) mass is 445 g/mol. The van der Waals surface area contributed by atoms with E-state index in [0.29, 0.717) is 13.0 Å². The van der Waals surface area contributed by atoms with Gasteiger partial charge in [-0.15, -0.1) is 0 Å². The number of methoxy groups -OCH3 is 1. The fraction of sp³-hybridized carbons (Fsp3) is 0.296. The van der Waals surface area contributed by atoms with Crippen molar-refractivity contribution >= 4 is 17.3 Å². The number of piperazine rings is 1. The number of benzene rings is 3. The normalized spacial score (nSPS) is 19.5. The Kier molecular flexibility index (Phi) is 5.90. The smallest absolute Gasteiger partial charge is 0.225 e. The van der Waals surface area contributed by atoms with Crippen LogP contribution in [0.5, 0.6) is 5.75 Å². The van der Waals surface area contributed by atoms with Gasteiger partial charge in [-0.05, 0) is 47.9 Å². The van der Waals surface area contributed by atoms with Crippen molar-refractivity contribution in [2.75, 3.05) is 36.5 Å². The Labute approximate surface area is 193 Å². The highest BCUT2D eigenvalue weighted by atomic mass is 19.1. The zero-order valence-corrected chi connectivity index (χ0v) is 18.7. The number of fused-ring (bicyclic) bond motifs is 3. The first-order valence-electron chi connectivity index (χ1n) is 11.4. The standard InChI is InChI=1S/C27H28FN3O2/c1-33-23-11-10-20-15-24(27(32)29-17-19-6-5-7-21(28)14-19)26-18-30(22-8-3-2-4-9-22)12-13-31(26)25(20)16-23/h2-11,14,16,24,26H,12-13,15,17-18H2,1H3,(H,29,32)/t24-,26+/m1/s1. The quantitative estimate of drug-likeness (QED) is 0.645. The molecule has 6 heteroatoms. The Morgan fingerprint density at radius 3 is 2.70 bits per heavy atom. The molecule has 0 aromatic heterocycles. The molecule has 1 amide bonds. The third kappa shape index (κ3) is 4.38. The number of hydrogen-bond acceptors (Lipinski definition) is 4. The average Bonchev–Trinajstić information content (AvgIpc) is 2.86. The maximum atomic E-state index is 13.6. The third-order valence-electron chi connectivity index (χ3n) is 6.74. The number of hydrogen-bond donors (Lipinski definition) is 1. The summed E-state index contributed by atoms with van der Waals surface area (Å²) >= 11 is 0. The van der Waals surface area contributed by atoms with Crippen molar-refractivity contribution in [1.29, 1.82) is 0 Å². The summed E-state index contributed by atoms with van der Waals surface area (Å²) in [4.78, 5) is 18.1. The molecule has 2 aliphatic heterocycles. The number of anilines is 2. The molecule has 0 radical (unpaired) electrons. The van der Waals surface area contributed by atoms with Crippen LogP contribution in [0.3, 0.4) is 0 Å². The molecule has 1 N–H and O–H groups in total. The largest absolute Gasteiger partial charge is 0.497 e. The maximum absolute atomic E-state index is 13.6. The number of nitrogens with zero attached hydrogens (tertiary/aromatic N) is 2. The lowest BCUT2D eigenvalue weighted by atomic mass is 9.83. The lowest BCUT2D eigenvalue weighted by Gasteiger charge is -2.49. The molecule has 5 nitrogen and oxygen atoms in total. The Balaban J connectivity index is 1.41. The highest BCUT2D eigenvalue weighted by Gasteiger charge is 2.41. The van der Waals surface area contributed by atoms with Crippen molar-refractivity contribution in [2.45, 2.75) is 19.0 Å². The van der Waals surface area contributed by atoms with Crippen LogP contribution in [0.2, 0.25) is 0 Å². The van der Waals surface area contributed by atoms with Crippen molar-refractivity contribution in [3.63, 3.8) is 0 Å². The van der Waals surface area contributed by atoms with Gasteiger partial charge in [0.1, 0.15) is 11.6 Å². The first kappa shape index (κ1) is 21.3. The van der Waals surface area contributed by atoms with Crippen molar-refractivity contribution in [3.05, 3.63) is 89.7 Å². The van der Waals surface area contributed by atoms with Gasteiger partial charge >= 0.3 is 0 Å². The molecule has 3 aromatic carbocycles. The van der Waals surface area contributed by atoms with Crippen LogP contribution in [0, 0.1) is 11.7 Å². The first-order valence-corrected chi connectivity index (χ1v) is 11.4. The van der Waals surface area contributed by atoms with E-state index in [9.17, 15) is 9.18 Å². The van der Waals surface area contributed by atoms with Crippen LogP contribution in [0.25, 0.3) is 0 Å². The molecule has 2 atom stereocenters. The van der Waals surface area contributed by atoms with E-state index >= 15 is 0 Å². The Bertz CT molecular complexity index is 1140. The zero-order chi connectivity index (χ0) is 22.8. The van der Waals surface area contributed by atoms with E-state index in [0.717, 1.165) is 42.2 Å². The van der Waals surface area contributed by atoms with Crippen molar-refractivity contribution in [2.24, 2.45) is 5.92 Å². The predicted molar refractivity (Wildman–Crippen MR) is 128 cm³/mol. The average molecular weight is 446 g/mol. The fourth-order valence-electron chi connectivity index (χ4n) is 5.04. The Hall–Kier alpha value is -3.54. The number of carbonyl (C=O) groups excluding carboxylic acids is 1. The highest BCUT2D eigenvalue weighted by Crippen LogP contribution is 2.39. The van der Waals surface area contributed by atoms with Gasteiger partial charge in [-0.25, -0.2) is 4.39 Å². The zero-order valence-electron chi connectivity index (χ0n) is 18.7. The van der Waals surface area contributed by atoms with Gasteiger partial charge in [-0.3, -0.25) is 4.79 Å². The number of halogens is 1. The first-order chi connectivity index (χ1) is 16.1. The summed E-state index contributed by atoms with van der Waals surface area (Å²) in [5, 5.41) is 3.06. The van der Waals surface area contributed by atoms with Gasteiger partial charge in [0.15, 0.2) is 0 Å². The van der Waals surface area contributed by atoms with E-state index in [2.05, 4.69) is 39.4 Å². The molecule has 2 aliphatic rings. The Morgan fingerprint density at radius 2 is 1.91 bits per heavy atom. The predicted octanol–water partition coefficient (Wildman–Crippen LogP) is 4.02. The molecular weight excluding hydrogens is 417 g/mol. The van der Waals surface area contributed by atoms with Gasteiger partial charge in [-0.2, -0.15) is 0 Å². The summed E-state index contributed by atoms with van der Waals surface area (Å²) in [7, 11) is 1.68. The van der Waals surface area contributed by atoms with Crippen LogP contribution in [0.1, 0.15) is 11.1 Å². The SMILES string of the molecule is COc1ccc2c(c1)N1CCN(c3ccccc3)C[C@H]1[C@H](C(=O)NCc1cccc(F)c1)C2. The summed E-state index contributed by atoms with van der Waals surface area (Å²) in [5.74, 6) is 0.336. The molecule has 0 unspecified atom stereocenters. The van der Waals surface area contributed by atoms with E-state index < -0.39 is 0 Å². The molecule has 0 bridgehead atoms. The highest BCUT2D eigenvalue weighted by molar-refractivity contribution is 5.82. The summed E-state index contributed by atoms with van der Waals surface area (Å²) in [6, 6.07) is 22.9. The van der Waals surface area contributed by atoms with Gasteiger partial charge in [0.25, 0.3) is 0 Å². The van der Waals surface area contributed by atoms with Crippen molar-refractivity contribution in [3.8, 4) is 5.75 Å². The minimum atomic E-state index is -0.292. The molecule has 33 heavy (non-hydrogen) atoms. The molecule has 3 aromatic rings. The van der Waals surface area contributed by atoms with Gasteiger partial charge in [0.2, 0.25) is 5.91 Å². The summed E-state index contributed by atoms with van der Waals surface area (Å²) in [5.41, 5.74) is 4.25. The molecule has 0 spiro atoms. The third-order valence-corrected chi connectivity index (χ3v) is 6.74. The van der Waals surface area contributed by atoms with Gasteiger partial charge < -0.3 is 19.9 Å². The van der Waals surface area contributed by atoms with Crippen molar-refractivity contribution in [1.82, 2.24) is 5.32 Å². The fourth-order valence-corrected chi connectivity index (χ4v) is 5.04. The minimum Gasteiger partial charge on any atom is -0.497 e. The lowest BCUT2D eigenvalue weighted by molar-refractivity contribution is -0.126. The van der Waals surface area contributed by atoms with Gasteiger partial charge in [0, 0.05) is 43.6 Å². The van der Waals surface area contributed by atoms with Gasteiger partial charge in [-0.1, -0.05) is 36.4 Å². The minimum absolute atomic E-state index is 0.00522. The van der Waals surface area contributed by atoms with E-state index in [1.54, 1.807) is 13.2 Å². The summed E-state index contributed by atoms with van der Waals surface area (Å²) < 4.78 is 19.0. The molecule has 1 saturated heterocycles. The molecule has 170 valence electrons. The van der Waals surface area contributed by atoms with Crippen molar-refractivity contribution < 1.29 is 13.9 Å². The van der Waals surface area contributed by atoms with Crippen LogP contribution in [-0.4, -0.2) is 38.7 Å². The molecule has 1 fully saturated rings. The van der Waals surface area contributed by atoms with E-state index in [1.807, 2.05) is 30.3 Å². The Morgan fingerprint density at radius 1 is 1.06 bits per heavy atom. The lowest BCUT2D eigenvalue weighted by Crippen LogP contribution is -2.61. The number of rotatable bonds is 5. The summed E-state index contributed by atoms with van der Waals surface area (Å²) in [6.45, 7) is 2.79. The van der Waals surface area contributed by atoms with E-state index in [1.165, 1.54) is 17.8 Å². The second kappa shape index (κ2) is 9.14. The van der Waals surface area contributed by atoms with Crippen LogP contribution in [0.4, 0.5) is 15.8 Å². The maximum Gasteiger partial charge on any atom is 0.225 e.